The van der Waals surface area contributed by atoms with E-state index in [0.29, 0.717) is 0 Å². The van der Waals surface area contributed by atoms with Crippen LogP contribution >= 0.6 is 0 Å². The molecule has 0 aliphatic rings. The first-order valence-corrected chi connectivity index (χ1v) is 9.28. The van der Waals surface area contributed by atoms with E-state index in [0.717, 1.165) is 31.4 Å². The third-order valence-electron chi connectivity index (χ3n) is 4.15. The molecule has 136 valence electrons. The Morgan fingerprint density at radius 1 is 0.833 bits per heavy atom. The molecule has 0 atom stereocenters. The molecule has 0 saturated carbocycles. The minimum atomic E-state index is -0.919. The zero-order valence-electron chi connectivity index (χ0n) is 14.8. The van der Waals surface area contributed by atoms with Gasteiger partial charge in [0.05, 0.1) is 6.61 Å². The molecule has 0 fully saturated rings. The molecule has 0 bridgehead atoms. The van der Waals surface area contributed by atoms with Crippen LogP contribution < -0.4 is 0 Å². The highest BCUT2D eigenvalue weighted by Crippen LogP contribution is 2.14. The van der Waals surface area contributed by atoms with Crippen LogP contribution in [0.4, 0.5) is 8.78 Å². The molecule has 0 radical (unpaired) electrons. The zero-order chi connectivity index (χ0) is 17.6. The van der Waals surface area contributed by atoms with Crippen LogP contribution in [0.2, 0.25) is 0 Å². The van der Waals surface area contributed by atoms with Gasteiger partial charge in [0.25, 0.3) is 0 Å². The van der Waals surface area contributed by atoms with Gasteiger partial charge in [-0.15, -0.1) is 0 Å². The fraction of sp³-hybridized carbons (Fsp3) is 0.650. The number of hydrogen-bond donors (Lipinski definition) is 0. The lowest BCUT2D eigenvalue weighted by atomic mass is 10.1. The van der Waals surface area contributed by atoms with Gasteiger partial charge in [-0.25, -0.2) is 13.6 Å². The van der Waals surface area contributed by atoms with Crippen LogP contribution in [0.25, 0.3) is 0 Å². The molecule has 1 rings (SSSR count). The van der Waals surface area contributed by atoms with Crippen LogP contribution in [0.5, 0.6) is 0 Å². The summed E-state index contributed by atoms with van der Waals surface area (Å²) in [5.74, 6) is -2.67. The summed E-state index contributed by atoms with van der Waals surface area (Å²) < 4.78 is 31.8. The molecule has 0 saturated heterocycles. The number of carbonyl (C=O) groups is 1. The highest BCUT2D eigenvalue weighted by Gasteiger charge is 2.17. The van der Waals surface area contributed by atoms with Gasteiger partial charge in [-0.2, -0.15) is 0 Å². The van der Waals surface area contributed by atoms with E-state index in [1.165, 1.54) is 57.4 Å². The van der Waals surface area contributed by atoms with Crippen LogP contribution in [0, 0.1) is 11.6 Å². The van der Waals surface area contributed by atoms with Crippen molar-refractivity contribution < 1.29 is 18.3 Å². The van der Waals surface area contributed by atoms with Crippen molar-refractivity contribution in [2.24, 2.45) is 0 Å². The maximum absolute atomic E-state index is 13.4. The summed E-state index contributed by atoms with van der Waals surface area (Å²) in [6.45, 7) is 2.44. The Bertz CT molecular complexity index is 454. The fourth-order valence-corrected chi connectivity index (χ4v) is 2.70. The summed E-state index contributed by atoms with van der Waals surface area (Å²) in [6.07, 6.45) is 13.2. The molecule has 0 aromatic heterocycles. The number of carbonyl (C=O) groups excluding carboxylic acids is 1. The Morgan fingerprint density at radius 3 is 1.79 bits per heavy atom. The van der Waals surface area contributed by atoms with Gasteiger partial charge < -0.3 is 4.74 Å². The molecule has 0 aliphatic heterocycles. The summed E-state index contributed by atoms with van der Waals surface area (Å²) in [7, 11) is 0. The molecular formula is C20H30F2O2. The first-order chi connectivity index (χ1) is 11.7. The minimum absolute atomic E-state index is 0.212. The topological polar surface area (TPSA) is 26.3 Å². The van der Waals surface area contributed by atoms with Crippen molar-refractivity contribution in [2.75, 3.05) is 6.61 Å². The number of unbranched alkanes of at least 4 members (excludes halogenated alkanes) is 10. The molecular weight excluding hydrogens is 310 g/mol. The van der Waals surface area contributed by atoms with E-state index in [1.54, 1.807) is 0 Å². The average molecular weight is 340 g/mol. The molecule has 24 heavy (non-hydrogen) atoms. The molecule has 0 spiro atoms. The SMILES string of the molecule is CCCCCCCCCCCCCOC(=O)c1c(F)cccc1F. The standard InChI is InChI=1S/C20H30F2O2/c1-2-3-4-5-6-7-8-9-10-11-12-16-24-20(23)19-17(21)14-13-15-18(19)22/h13-15H,2-12,16H2,1H3. The second-order valence-electron chi connectivity index (χ2n) is 6.27. The normalized spacial score (nSPS) is 10.8. The van der Waals surface area contributed by atoms with Gasteiger partial charge in [0.2, 0.25) is 0 Å². The quantitative estimate of drug-likeness (QED) is 0.305. The van der Waals surface area contributed by atoms with Crippen molar-refractivity contribution in [2.45, 2.75) is 77.6 Å². The second kappa shape index (κ2) is 12.9. The molecule has 0 unspecified atom stereocenters. The highest BCUT2D eigenvalue weighted by atomic mass is 19.1. The third-order valence-corrected chi connectivity index (χ3v) is 4.15. The number of rotatable bonds is 13. The van der Waals surface area contributed by atoms with Crippen molar-refractivity contribution in [3.63, 3.8) is 0 Å². The fourth-order valence-electron chi connectivity index (χ4n) is 2.70. The van der Waals surface area contributed by atoms with E-state index in [1.807, 2.05) is 0 Å². The van der Waals surface area contributed by atoms with Crippen LogP contribution in [0.1, 0.15) is 87.9 Å². The van der Waals surface area contributed by atoms with Crippen molar-refractivity contribution in [3.05, 3.63) is 35.4 Å². The third kappa shape index (κ3) is 8.42. The monoisotopic (exact) mass is 340 g/mol. The summed E-state index contributed by atoms with van der Waals surface area (Å²) in [6, 6.07) is 3.34. The molecule has 0 aliphatic carbocycles. The van der Waals surface area contributed by atoms with Gasteiger partial charge in [-0.05, 0) is 18.6 Å². The van der Waals surface area contributed by atoms with E-state index < -0.39 is 23.2 Å². The Balaban J connectivity index is 2.00. The molecule has 1 aromatic rings. The Kier molecular flexibility index (Phi) is 11.1. The van der Waals surface area contributed by atoms with E-state index >= 15 is 0 Å². The van der Waals surface area contributed by atoms with Crippen LogP contribution in [-0.4, -0.2) is 12.6 Å². The largest absolute Gasteiger partial charge is 0.462 e. The predicted octanol–water partition coefficient (Wildman–Crippen LogP) is 6.43. The number of benzene rings is 1. The molecule has 0 amide bonds. The summed E-state index contributed by atoms with van der Waals surface area (Å²) in [5, 5.41) is 0. The van der Waals surface area contributed by atoms with Gasteiger partial charge in [0, 0.05) is 0 Å². The molecule has 0 heterocycles. The first kappa shape index (κ1) is 20.6. The highest BCUT2D eigenvalue weighted by molar-refractivity contribution is 5.89. The van der Waals surface area contributed by atoms with Crippen LogP contribution in [-0.2, 0) is 4.74 Å². The van der Waals surface area contributed by atoms with E-state index in [2.05, 4.69) is 6.92 Å². The molecule has 1 aromatic carbocycles. The minimum Gasteiger partial charge on any atom is -0.462 e. The zero-order valence-corrected chi connectivity index (χ0v) is 14.8. The van der Waals surface area contributed by atoms with Gasteiger partial charge >= 0.3 is 5.97 Å². The molecule has 2 nitrogen and oxygen atoms in total. The average Bonchev–Trinajstić information content (AvgIpc) is 2.55. The van der Waals surface area contributed by atoms with Gasteiger partial charge in [0.15, 0.2) is 0 Å². The van der Waals surface area contributed by atoms with Crippen molar-refractivity contribution in [1.82, 2.24) is 0 Å². The number of halogens is 2. The van der Waals surface area contributed by atoms with Crippen molar-refractivity contribution in [1.29, 1.82) is 0 Å². The van der Waals surface area contributed by atoms with E-state index in [9.17, 15) is 13.6 Å². The van der Waals surface area contributed by atoms with Crippen molar-refractivity contribution >= 4 is 5.97 Å². The number of hydrogen-bond acceptors (Lipinski definition) is 2. The van der Waals surface area contributed by atoms with E-state index in [-0.39, 0.29) is 6.61 Å². The second-order valence-corrected chi connectivity index (χ2v) is 6.27. The maximum atomic E-state index is 13.4. The lowest BCUT2D eigenvalue weighted by Gasteiger charge is -2.06. The van der Waals surface area contributed by atoms with Crippen LogP contribution in [0.15, 0.2) is 18.2 Å². The van der Waals surface area contributed by atoms with Crippen LogP contribution in [0.3, 0.4) is 0 Å². The van der Waals surface area contributed by atoms with Gasteiger partial charge in [0.1, 0.15) is 17.2 Å². The summed E-state index contributed by atoms with van der Waals surface area (Å²) in [5.41, 5.74) is -0.597. The summed E-state index contributed by atoms with van der Waals surface area (Å²) >= 11 is 0. The smallest absolute Gasteiger partial charge is 0.344 e. The first-order valence-electron chi connectivity index (χ1n) is 9.28. The predicted molar refractivity (Wildman–Crippen MR) is 93.1 cm³/mol. The Hall–Kier alpha value is -1.45. The van der Waals surface area contributed by atoms with E-state index in [4.69, 9.17) is 4.74 Å². The number of esters is 1. The molecule has 0 N–H and O–H groups in total. The van der Waals surface area contributed by atoms with Gasteiger partial charge in [-0.3, -0.25) is 0 Å². The van der Waals surface area contributed by atoms with Gasteiger partial charge in [-0.1, -0.05) is 77.2 Å². The Morgan fingerprint density at radius 2 is 1.29 bits per heavy atom. The number of ether oxygens (including phenoxy) is 1. The lowest BCUT2D eigenvalue weighted by Crippen LogP contribution is -2.11. The summed E-state index contributed by atoms with van der Waals surface area (Å²) in [4.78, 5) is 11.7. The maximum Gasteiger partial charge on any atom is 0.344 e. The van der Waals surface area contributed by atoms with Crippen molar-refractivity contribution in [3.8, 4) is 0 Å². The lowest BCUT2D eigenvalue weighted by molar-refractivity contribution is 0.0486. The Labute approximate surface area is 144 Å². The molecule has 4 heteroatoms.